The van der Waals surface area contributed by atoms with Gasteiger partial charge in [0.1, 0.15) is 0 Å². The van der Waals surface area contributed by atoms with Crippen LogP contribution in [0.25, 0.3) is 0 Å². The molecule has 0 saturated carbocycles. The average Bonchev–Trinajstić information content (AvgIpc) is 2.71. The molecule has 0 aliphatic rings. The lowest BCUT2D eigenvalue weighted by Crippen LogP contribution is -2.20. The third-order valence-corrected chi connectivity index (χ3v) is 2.76. The smallest absolute Gasteiger partial charge is 0.220 e. The second-order valence-electron chi connectivity index (χ2n) is 2.90. The van der Waals surface area contributed by atoms with Crippen molar-refractivity contribution in [3.05, 3.63) is 21.9 Å². The molecule has 15 heavy (non-hydrogen) atoms. The Bertz CT molecular complexity index is 387. The molecule has 0 aliphatic heterocycles. The number of rotatable bonds is 3. The molecular formula is C11H14N2OS. The molecule has 3 nitrogen and oxygen atoms in total. The van der Waals surface area contributed by atoms with Crippen LogP contribution in [0.4, 0.5) is 0 Å². The number of amides is 1. The maximum atomic E-state index is 11.0. The van der Waals surface area contributed by atoms with Crippen LogP contribution >= 0.6 is 11.3 Å². The van der Waals surface area contributed by atoms with Gasteiger partial charge in [-0.3, -0.25) is 4.79 Å². The molecule has 0 aromatic carbocycles. The highest BCUT2D eigenvalue weighted by Crippen LogP contribution is 2.14. The topological polar surface area (TPSA) is 55.1 Å². The zero-order chi connectivity index (χ0) is 11.1. The first-order valence-corrected chi connectivity index (χ1v) is 5.62. The minimum Gasteiger partial charge on any atom is -0.351 e. The number of thiophene rings is 1. The van der Waals surface area contributed by atoms with E-state index in [1.54, 1.807) is 11.3 Å². The lowest BCUT2D eigenvalue weighted by molar-refractivity contribution is -0.120. The summed E-state index contributed by atoms with van der Waals surface area (Å²) in [7, 11) is 0. The van der Waals surface area contributed by atoms with Gasteiger partial charge in [-0.15, -0.1) is 11.3 Å². The molecule has 0 spiro atoms. The van der Waals surface area contributed by atoms with Crippen LogP contribution in [-0.4, -0.2) is 12.5 Å². The van der Waals surface area contributed by atoms with Crippen molar-refractivity contribution in [2.45, 2.75) is 19.9 Å². The highest BCUT2D eigenvalue weighted by molar-refractivity contribution is 7.12. The van der Waals surface area contributed by atoms with Crippen LogP contribution in [0, 0.1) is 11.8 Å². The summed E-state index contributed by atoms with van der Waals surface area (Å²) in [6, 6.07) is 3.92. The molecular weight excluding hydrogens is 208 g/mol. The molecule has 0 atom stereocenters. The summed E-state index contributed by atoms with van der Waals surface area (Å²) in [5, 5.41) is 2.82. The van der Waals surface area contributed by atoms with Crippen molar-refractivity contribution >= 4 is 17.2 Å². The van der Waals surface area contributed by atoms with Crippen molar-refractivity contribution in [1.29, 1.82) is 0 Å². The maximum Gasteiger partial charge on any atom is 0.220 e. The summed E-state index contributed by atoms with van der Waals surface area (Å²) >= 11 is 1.58. The van der Waals surface area contributed by atoms with Crippen LogP contribution in [0.1, 0.15) is 23.1 Å². The molecule has 1 rings (SSSR count). The Labute approximate surface area is 93.7 Å². The highest BCUT2D eigenvalue weighted by Gasteiger charge is 2.00. The summed E-state index contributed by atoms with van der Waals surface area (Å²) in [4.78, 5) is 13.1. The van der Waals surface area contributed by atoms with Crippen LogP contribution in [0.2, 0.25) is 0 Å². The van der Waals surface area contributed by atoms with Gasteiger partial charge in [-0.1, -0.05) is 18.8 Å². The highest BCUT2D eigenvalue weighted by atomic mass is 32.1. The van der Waals surface area contributed by atoms with E-state index in [0.29, 0.717) is 19.5 Å². The number of hydrogen-bond acceptors (Lipinski definition) is 3. The van der Waals surface area contributed by atoms with Gasteiger partial charge in [0.05, 0.1) is 18.0 Å². The molecule has 1 amide bonds. The quantitative estimate of drug-likeness (QED) is 0.752. The summed E-state index contributed by atoms with van der Waals surface area (Å²) in [5.41, 5.74) is 5.27. The molecule has 3 N–H and O–H groups in total. The zero-order valence-electron chi connectivity index (χ0n) is 8.67. The van der Waals surface area contributed by atoms with E-state index in [9.17, 15) is 4.79 Å². The fourth-order valence-electron chi connectivity index (χ4n) is 0.989. The monoisotopic (exact) mass is 222 g/mol. The predicted octanol–water partition coefficient (Wildman–Crippen LogP) is 1.08. The van der Waals surface area contributed by atoms with Gasteiger partial charge in [0.15, 0.2) is 0 Å². The number of nitrogens with one attached hydrogen (secondary N) is 1. The second-order valence-corrected chi connectivity index (χ2v) is 4.07. The van der Waals surface area contributed by atoms with Gasteiger partial charge < -0.3 is 11.1 Å². The van der Waals surface area contributed by atoms with Crippen molar-refractivity contribution in [1.82, 2.24) is 5.32 Å². The van der Waals surface area contributed by atoms with E-state index < -0.39 is 0 Å². The maximum absolute atomic E-state index is 11.0. The Morgan fingerprint density at radius 3 is 3.07 bits per heavy atom. The van der Waals surface area contributed by atoms with Crippen LogP contribution in [-0.2, 0) is 11.3 Å². The first kappa shape index (κ1) is 11.8. The summed E-state index contributed by atoms with van der Waals surface area (Å²) in [5.74, 6) is 5.82. The first-order chi connectivity index (χ1) is 7.26. The van der Waals surface area contributed by atoms with E-state index in [1.165, 1.54) is 0 Å². The minimum atomic E-state index is 0.0676. The molecule has 1 aromatic heterocycles. The van der Waals surface area contributed by atoms with E-state index in [4.69, 9.17) is 5.73 Å². The van der Waals surface area contributed by atoms with E-state index in [1.807, 2.05) is 19.1 Å². The molecule has 0 fully saturated rings. The van der Waals surface area contributed by atoms with Gasteiger partial charge in [-0.2, -0.15) is 0 Å². The molecule has 0 aliphatic carbocycles. The molecule has 0 radical (unpaired) electrons. The fraction of sp³-hybridized carbons (Fsp3) is 0.364. The third-order valence-electron chi connectivity index (χ3n) is 1.76. The second kappa shape index (κ2) is 6.23. The van der Waals surface area contributed by atoms with Crippen molar-refractivity contribution in [2.24, 2.45) is 5.73 Å². The third kappa shape index (κ3) is 4.15. The van der Waals surface area contributed by atoms with Crippen LogP contribution in [0.3, 0.4) is 0 Å². The molecule has 1 heterocycles. The fourth-order valence-corrected chi connectivity index (χ4v) is 1.81. The Balaban J connectivity index is 2.49. The number of nitrogens with two attached hydrogens (primary N) is 1. The zero-order valence-corrected chi connectivity index (χ0v) is 9.49. The van der Waals surface area contributed by atoms with Crippen molar-refractivity contribution in [2.75, 3.05) is 6.54 Å². The molecule has 0 bridgehead atoms. The van der Waals surface area contributed by atoms with Gasteiger partial charge in [0.2, 0.25) is 5.91 Å². The Hall–Kier alpha value is -1.31. The summed E-state index contributed by atoms with van der Waals surface area (Å²) in [6.07, 6.45) is 0.519. The van der Waals surface area contributed by atoms with E-state index in [2.05, 4.69) is 17.2 Å². The largest absolute Gasteiger partial charge is 0.351 e. The first-order valence-electron chi connectivity index (χ1n) is 4.80. The van der Waals surface area contributed by atoms with Gasteiger partial charge in [0, 0.05) is 11.3 Å². The van der Waals surface area contributed by atoms with Crippen molar-refractivity contribution < 1.29 is 4.79 Å². The predicted molar refractivity (Wildman–Crippen MR) is 62.4 cm³/mol. The van der Waals surface area contributed by atoms with Gasteiger partial charge in [0.25, 0.3) is 0 Å². The average molecular weight is 222 g/mol. The lowest BCUT2D eigenvalue weighted by atomic mass is 10.4. The summed E-state index contributed by atoms with van der Waals surface area (Å²) < 4.78 is 0. The molecule has 0 saturated heterocycles. The minimum absolute atomic E-state index is 0.0676. The molecule has 1 aromatic rings. The number of hydrogen-bond donors (Lipinski definition) is 2. The van der Waals surface area contributed by atoms with Crippen LogP contribution < -0.4 is 11.1 Å². The van der Waals surface area contributed by atoms with Gasteiger partial charge in [-0.25, -0.2) is 0 Å². The Morgan fingerprint density at radius 1 is 1.60 bits per heavy atom. The van der Waals surface area contributed by atoms with Crippen LogP contribution in [0.15, 0.2) is 12.1 Å². The van der Waals surface area contributed by atoms with Gasteiger partial charge >= 0.3 is 0 Å². The van der Waals surface area contributed by atoms with Crippen molar-refractivity contribution in [3.63, 3.8) is 0 Å². The number of carbonyl (C=O) groups excluding carboxylic acids is 1. The normalized spacial score (nSPS) is 9.20. The summed E-state index contributed by atoms with van der Waals surface area (Å²) in [6.45, 7) is 2.79. The van der Waals surface area contributed by atoms with Crippen molar-refractivity contribution in [3.8, 4) is 11.8 Å². The van der Waals surface area contributed by atoms with Crippen LogP contribution in [0.5, 0.6) is 0 Å². The molecule has 80 valence electrons. The Morgan fingerprint density at radius 2 is 2.40 bits per heavy atom. The van der Waals surface area contributed by atoms with E-state index in [0.717, 1.165) is 9.75 Å². The molecule has 0 unspecified atom stereocenters. The Kier molecular flexibility index (Phi) is 4.88. The number of carbonyl (C=O) groups is 1. The SMILES string of the molecule is CCC(=O)NCc1ccc(C#CCN)s1. The van der Waals surface area contributed by atoms with E-state index >= 15 is 0 Å². The lowest BCUT2D eigenvalue weighted by Gasteiger charge is -1.99. The standard InChI is InChI=1S/C11H14N2OS/c1-2-11(14)13-8-10-6-5-9(15-10)4-3-7-12/h5-6H,2,7-8,12H2,1H3,(H,13,14). The van der Waals surface area contributed by atoms with E-state index in [-0.39, 0.29) is 5.91 Å². The molecule has 4 heteroatoms. The van der Waals surface area contributed by atoms with Gasteiger partial charge in [-0.05, 0) is 12.1 Å².